The summed E-state index contributed by atoms with van der Waals surface area (Å²) >= 11 is 0. The van der Waals surface area contributed by atoms with Gasteiger partial charge in [0, 0.05) is 60.9 Å². The number of para-hydroxylation sites is 4. The highest BCUT2D eigenvalue weighted by Crippen LogP contribution is 2.42. The van der Waals surface area contributed by atoms with E-state index in [4.69, 9.17) is 8.83 Å². The van der Waals surface area contributed by atoms with E-state index in [0.29, 0.717) is 16.8 Å². The molecule has 0 radical (unpaired) electrons. The van der Waals surface area contributed by atoms with E-state index in [2.05, 4.69) is 81.9 Å². The first-order valence-corrected chi connectivity index (χ1v) is 16.4. The molecule has 0 atom stereocenters. The van der Waals surface area contributed by atoms with Crippen molar-refractivity contribution in [2.24, 2.45) is 0 Å². The molecular formula is C44H22N4O2. The van der Waals surface area contributed by atoms with Gasteiger partial charge in [0.25, 0.3) is 0 Å². The van der Waals surface area contributed by atoms with Crippen molar-refractivity contribution in [2.75, 3.05) is 0 Å². The van der Waals surface area contributed by atoms with Crippen molar-refractivity contribution in [3.05, 3.63) is 145 Å². The number of rotatable bonds is 2. The summed E-state index contributed by atoms with van der Waals surface area (Å²) in [5.74, 6) is 0. The number of hydrogen-bond acceptors (Lipinski definition) is 4. The van der Waals surface area contributed by atoms with Gasteiger partial charge in [0.05, 0.1) is 38.9 Å². The summed E-state index contributed by atoms with van der Waals surface area (Å²) in [6, 6.07) is 49.8. The molecule has 4 heterocycles. The number of nitriles is 2. The van der Waals surface area contributed by atoms with Crippen molar-refractivity contribution in [2.45, 2.75) is 0 Å². The Hall–Kier alpha value is -7.28. The highest BCUT2D eigenvalue weighted by atomic mass is 16.3. The Kier molecular flexibility index (Phi) is 5.16. The first-order chi connectivity index (χ1) is 24.7. The summed E-state index contributed by atoms with van der Waals surface area (Å²) in [7, 11) is 0. The topological polar surface area (TPSA) is 83.7 Å². The Balaban J connectivity index is 1.27. The minimum atomic E-state index is 0.298. The minimum Gasteiger partial charge on any atom is -0.456 e. The highest BCUT2D eigenvalue weighted by Gasteiger charge is 2.23. The van der Waals surface area contributed by atoms with Gasteiger partial charge in [-0.2, -0.15) is 10.5 Å². The van der Waals surface area contributed by atoms with Crippen molar-refractivity contribution < 1.29 is 8.83 Å². The van der Waals surface area contributed by atoms with Gasteiger partial charge in [-0.1, -0.05) is 72.8 Å². The summed E-state index contributed by atoms with van der Waals surface area (Å²) in [6.45, 7) is 0. The van der Waals surface area contributed by atoms with Crippen molar-refractivity contribution in [3.63, 3.8) is 0 Å². The summed E-state index contributed by atoms with van der Waals surface area (Å²) < 4.78 is 17.0. The van der Waals surface area contributed by atoms with Gasteiger partial charge in [-0.25, -0.2) is 0 Å². The second-order valence-electron chi connectivity index (χ2n) is 12.7. The SMILES string of the molecule is N#Cc1cc(-n2c3ccccc3c3cc4c(cc32)oc2ccccc24)cc(-n2c3ccccc3c3cc4c(cc32)oc2ccccc24)c1C#N. The van der Waals surface area contributed by atoms with Crippen LogP contribution in [0, 0.1) is 22.7 Å². The van der Waals surface area contributed by atoms with E-state index >= 15 is 0 Å². The lowest BCUT2D eigenvalue weighted by Gasteiger charge is -2.15. The van der Waals surface area contributed by atoms with Gasteiger partial charge in [0.1, 0.15) is 34.5 Å². The molecule has 0 amide bonds. The third-order valence-corrected chi connectivity index (χ3v) is 10.2. The molecule has 0 aliphatic heterocycles. The van der Waals surface area contributed by atoms with Crippen LogP contribution in [0.15, 0.2) is 142 Å². The van der Waals surface area contributed by atoms with E-state index in [9.17, 15) is 10.5 Å². The van der Waals surface area contributed by atoms with Gasteiger partial charge < -0.3 is 18.0 Å². The zero-order valence-corrected chi connectivity index (χ0v) is 26.3. The Labute approximate surface area is 283 Å². The molecule has 50 heavy (non-hydrogen) atoms. The molecule has 4 aromatic heterocycles. The van der Waals surface area contributed by atoms with Crippen LogP contribution < -0.4 is 0 Å². The summed E-state index contributed by atoms with van der Waals surface area (Å²) in [6.07, 6.45) is 0. The maximum Gasteiger partial charge on any atom is 0.137 e. The lowest BCUT2D eigenvalue weighted by atomic mass is 10.0. The van der Waals surface area contributed by atoms with Crippen molar-refractivity contribution in [1.82, 2.24) is 9.13 Å². The monoisotopic (exact) mass is 638 g/mol. The van der Waals surface area contributed by atoms with Crippen molar-refractivity contribution in [3.8, 4) is 23.5 Å². The summed E-state index contributed by atoms with van der Waals surface area (Å²) in [5, 5.41) is 29.6. The normalized spacial score (nSPS) is 12.0. The first kappa shape index (κ1) is 26.8. The molecule has 11 rings (SSSR count). The van der Waals surface area contributed by atoms with Crippen LogP contribution in [-0.2, 0) is 0 Å². The number of aromatic nitrogens is 2. The van der Waals surface area contributed by atoms with E-state index in [1.54, 1.807) is 0 Å². The smallest absolute Gasteiger partial charge is 0.137 e. The maximum absolute atomic E-state index is 10.6. The first-order valence-electron chi connectivity index (χ1n) is 16.4. The van der Waals surface area contributed by atoms with Gasteiger partial charge in [-0.05, 0) is 48.5 Å². The lowest BCUT2D eigenvalue weighted by Crippen LogP contribution is -2.04. The summed E-state index contributed by atoms with van der Waals surface area (Å²) in [5.41, 5.74) is 8.97. The van der Waals surface area contributed by atoms with Crippen molar-refractivity contribution in [1.29, 1.82) is 10.5 Å². The molecule has 0 unspecified atom stereocenters. The van der Waals surface area contributed by atoms with E-state index in [0.717, 1.165) is 93.2 Å². The Bertz CT molecular complexity index is 3360. The number of nitrogens with zero attached hydrogens (tertiary/aromatic N) is 4. The van der Waals surface area contributed by atoms with Gasteiger partial charge in [0.2, 0.25) is 0 Å². The van der Waals surface area contributed by atoms with Crippen molar-refractivity contribution >= 4 is 87.5 Å². The Morgan fingerprint density at radius 1 is 0.400 bits per heavy atom. The molecule has 0 aliphatic rings. The van der Waals surface area contributed by atoms with Gasteiger partial charge in [-0.3, -0.25) is 0 Å². The minimum absolute atomic E-state index is 0.298. The maximum atomic E-state index is 10.6. The molecule has 230 valence electrons. The molecular weight excluding hydrogens is 617 g/mol. The fourth-order valence-electron chi connectivity index (χ4n) is 8.04. The van der Waals surface area contributed by atoms with E-state index in [1.807, 2.05) is 72.8 Å². The number of benzene rings is 7. The van der Waals surface area contributed by atoms with Crippen LogP contribution in [0.2, 0.25) is 0 Å². The average molecular weight is 639 g/mol. The van der Waals surface area contributed by atoms with Gasteiger partial charge in [0.15, 0.2) is 0 Å². The van der Waals surface area contributed by atoms with Gasteiger partial charge in [-0.15, -0.1) is 0 Å². The second-order valence-corrected chi connectivity index (χ2v) is 12.7. The Morgan fingerprint density at radius 2 is 0.900 bits per heavy atom. The zero-order valence-electron chi connectivity index (χ0n) is 26.3. The summed E-state index contributed by atoms with van der Waals surface area (Å²) in [4.78, 5) is 0. The van der Waals surface area contributed by atoms with E-state index in [-0.39, 0.29) is 0 Å². The molecule has 0 N–H and O–H groups in total. The number of fused-ring (bicyclic) bond motifs is 12. The molecule has 0 saturated carbocycles. The predicted molar refractivity (Wildman–Crippen MR) is 199 cm³/mol. The fraction of sp³-hybridized carbons (Fsp3) is 0. The molecule has 11 aromatic rings. The molecule has 0 saturated heterocycles. The van der Waals surface area contributed by atoms with E-state index in [1.165, 1.54) is 0 Å². The van der Waals surface area contributed by atoms with Gasteiger partial charge >= 0.3 is 0 Å². The standard InChI is InChI=1S/C44H22N4O2/c45-23-25-17-26(47-36-13-5-1-9-27(36)31-19-33-29-11-3-7-15-41(29)49-43(33)21-39(31)47)18-38(35(25)24-46)48-37-14-6-2-10-28(37)32-20-34-30-12-4-8-16-42(30)50-44(34)22-40(32)48/h1-22H. The highest BCUT2D eigenvalue weighted by molar-refractivity contribution is 6.19. The average Bonchev–Trinajstić information content (AvgIpc) is 3.89. The molecule has 0 spiro atoms. The fourth-order valence-corrected chi connectivity index (χ4v) is 8.04. The molecule has 6 nitrogen and oxygen atoms in total. The lowest BCUT2D eigenvalue weighted by molar-refractivity contribution is 0.669. The molecule has 7 aromatic carbocycles. The number of furan rings is 2. The van der Waals surface area contributed by atoms with Crippen LogP contribution in [0.4, 0.5) is 0 Å². The second kappa shape index (κ2) is 9.64. The zero-order chi connectivity index (χ0) is 33.1. The predicted octanol–water partition coefficient (Wildman–Crippen LogP) is 11.4. The van der Waals surface area contributed by atoms with Crippen LogP contribution in [-0.4, -0.2) is 9.13 Å². The van der Waals surface area contributed by atoms with Crippen LogP contribution >= 0.6 is 0 Å². The molecule has 6 heteroatoms. The van der Waals surface area contributed by atoms with E-state index < -0.39 is 0 Å². The van der Waals surface area contributed by atoms with Crippen LogP contribution in [0.1, 0.15) is 11.1 Å². The number of hydrogen-bond donors (Lipinski definition) is 0. The third kappa shape index (κ3) is 3.44. The molecule has 0 fully saturated rings. The molecule has 0 aliphatic carbocycles. The molecule has 0 bridgehead atoms. The third-order valence-electron chi connectivity index (χ3n) is 10.2. The largest absolute Gasteiger partial charge is 0.456 e. The van der Waals surface area contributed by atoms with Crippen LogP contribution in [0.25, 0.3) is 98.9 Å². The van der Waals surface area contributed by atoms with Crippen LogP contribution in [0.3, 0.4) is 0 Å². The quantitative estimate of drug-likeness (QED) is 0.189. The van der Waals surface area contributed by atoms with Crippen LogP contribution in [0.5, 0.6) is 0 Å². The Morgan fingerprint density at radius 3 is 1.46 bits per heavy atom.